The van der Waals surface area contributed by atoms with Crippen LogP contribution in [-0.2, 0) is 0 Å². The van der Waals surface area contributed by atoms with Gasteiger partial charge in [-0.1, -0.05) is 60.7 Å². The SMILES string of the molecule is CN(C)CCOc1ccc(-c2ccc(-c3ccccc3)cc2)cc1C=O. The minimum absolute atomic E-state index is 0.555. The standard InChI is InChI=1S/C23H23NO2/c1-24(2)14-15-26-23-13-12-21(16-22(23)17-25)20-10-8-19(9-11-20)18-6-4-3-5-7-18/h3-13,16-17H,14-15H2,1-2H3. The van der Waals surface area contributed by atoms with Crippen LogP contribution in [0.5, 0.6) is 5.75 Å². The molecule has 26 heavy (non-hydrogen) atoms. The molecule has 3 rings (SSSR count). The lowest BCUT2D eigenvalue weighted by Gasteiger charge is -2.13. The number of rotatable bonds is 7. The van der Waals surface area contributed by atoms with Crippen molar-refractivity contribution in [2.75, 3.05) is 27.2 Å². The molecule has 0 unspecified atom stereocenters. The summed E-state index contributed by atoms with van der Waals surface area (Å²) in [6.07, 6.45) is 0.854. The van der Waals surface area contributed by atoms with Crippen LogP contribution in [0.2, 0.25) is 0 Å². The van der Waals surface area contributed by atoms with E-state index in [2.05, 4.69) is 36.4 Å². The molecule has 0 atom stereocenters. The zero-order valence-corrected chi connectivity index (χ0v) is 15.2. The van der Waals surface area contributed by atoms with E-state index in [1.165, 1.54) is 11.1 Å². The Balaban J connectivity index is 1.79. The third-order valence-corrected chi connectivity index (χ3v) is 4.26. The first-order valence-corrected chi connectivity index (χ1v) is 8.70. The second kappa shape index (κ2) is 8.45. The van der Waals surface area contributed by atoms with Crippen molar-refractivity contribution in [2.24, 2.45) is 0 Å². The van der Waals surface area contributed by atoms with Crippen LogP contribution in [0.1, 0.15) is 10.4 Å². The van der Waals surface area contributed by atoms with Gasteiger partial charge in [0.2, 0.25) is 0 Å². The fraction of sp³-hybridized carbons (Fsp3) is 0.174. The van der Waals surface area contributed by atoms with Gasteiger partial charge in [-0.3, -0.25) is 4.79 Å². The van der Waals surface area contributed by atoms with Crippen molar-refractivity contribution >= 4 is 6.29 Å². The second-order valence-corrected chi connectivity index (χ2v) is 6.47. The van der Waals surface area contributed by atoms with Crippen molar-refractivity contribution in [1.29, 1.82) is 0 Å². The molecule has 0 aliphatic heterocycles. The number of ether oxygens (including phenoxy) is 1. The monoisotopic (exact) mass is 345 g/mol. The van der Waals surface area contributed by atoms with Crippen LogP contribution < -0.4 is 4.74 Å². The summed E-state index contributed by atoms with van der Waals surface area (Å²) >= 11 is 0. The van der Waals surface area contributed by atoms with Crippen LogP contribution in [0.3, 0.4) is 0 Å². The van der Waals surface area contributed by atoms with E-state index in [4.69, 9.17) is 4.74 Å². The first-order chi connectivity index (χ1) is 12.7. The summed E-state index contributed by atoms with van der Waals surface area (Å²) in [5.74, 6) is 0.631. The van der Waals surface area contributed by atoms with E-state index in [1.54, 1.807) is 0 Å². The minimum atomic E-state index is 0.555. The molecule has 0 aromatic heterocycles. The van der Waals surface area contributed by atoms with Crippen molar-refractivity contribution in [1.82, 2.24) is 4.90 Å². The summed E-state index contributed by atoms with van der Waals surface area (Å²) < 4.78 is 5.73. The van der Waals surface area contributed by atoms with Gasteiger partial charge < -0.3 is 9.64 Å². The maximum absolute atomic E-state index is 11.5. The van der Waals surface area contributed by atoms with Crippen LogP contribution in [-0.4, -0.2) is 38.4 Å². The molecule has 0 N–H and O–H groups in total. The van der Waals surface area contributed by atoms with Crippen LogP contribution in [0.4, 0.5) is 0 Å². The lowest BCUT2D eigenvalue weighted by Crippen LogP contribution is -2.19. The molecule has 3 aromatic rings. The lowest BCUT2D eigenvalue weighted by atomic mass is 9.99. The first-order valence-electron chi connectivity index (χ1n) is 8.70. The highest BCUT2D eigenvalue weighted by Gasteiger charge is 2.07. The Hall–Kier alpha value is -2.91. The molecule has 0 heterocycles. The minimum Gasteiger partial charge on any atom is -0.492 e. The molecule has 3 nitrogen and oxygen atoms in total. The molecular weight excluding hydrogens is 322 g/mol. The van der Waals surface area contributed by atoms with Gasteiger partial charge in [-0.25, -0.2) is 0 Å². The van der Waals surface area contributed by atoms with Crippen molar-refractivity contribution in [3.05, 3.63) is 78.4 Å². The first kappa shape index (κ1) is 17.9. The molecule has 0 spiro atoms. The molecule has 3 aromatic carbocycles. The zero-order chi connectivity index (χ0) is 18.4. The van der Waals surface area contributed by atoms with Gasteiger partial charge in [0, 0.05) is 6.54 Å². The molecule has 0 aliphatic carbocycles. The van der Waals surface area contributed by atoms with Crippen LogP contribution in [0.25, 0.3) is 22.3 Å². The zero-order valence-electron chi connectivity index (χ0n) is 15.2. The quantitative estimate of drug-likeness (QED) is 0.578. The molecule has 0 saturated carbocycles. The Bertz CT molecular complexity index is 855. The molecule has 0 radical (unpaired) electrons. The maximum Gasteiger partial charge on any atom is 0.153 e. The topological polar surface area (TPSA) is 29.5 Å². The van der Waals surface area contributed by atoms with Gasteiger partial charge >= 0.3 is 0 Å². The Morgan fingerprint density at radius 2 is 1.38 bits per heavy atom. The van der Waals surface area contributed by atoms with Crippen molar-refractivity contribution < 1.29 is 9.53 Å². The highest BCUT2D eigenvalue weighted by atomic mass is 16.5. The van der Waals surface area contributed by atoms with Crippen molar-refractivity contribution in [3.8, 4) is 28.0 Å². The number of hydrogen-bond donors (Lipinski definition) is 0. The van der Waals surface area contributed by atoms with Crippen LogP contribution >= 0.6 is 0 Å². The number of carbonyl (C=O) groups is 1. The number of nitrogens with zero attached hydrogens (tertiary/aromatic N) is 1. The fourth-order valence-corrected chi connectivity index (χ4v) is 2.78. The van der Waals surface area contributed by atoms with E-state index in [9.17, 15) is 4.79 Å². The van der Waals surface area contributed by atoms with E-state index in [0.29, 0.717) is 17.9 Å². The second-order valence-electron chi connectivity index (χ2n) is 6.47. The summed E-state index contributed by atoms with van der Waals surface area (Å²) in [7, 11) is 3.98. The smallest absolute Gasteiger partial charge is 0.153 e. The maximum atomic E-state index is 11.5. The Labute approximate surface area is 154 Å². The number of carbonyl (C=O) groups excluding carboxylic acids is 1. The molecule has 0 aliphatic rings. The molecular formula is C23H23NO2. The lowest BCUT2D eigenvalue weighted by molar-refractivity contribution is 0.111. The van der Waals surface area contributed by atoms with Gasteiger partial charge in [-0.15, -0.1) is 0 Å². The fourth-order valence-electron chi connectivity index (χ4n) is 2.78. The Morgan fingerprint density at radius 1 is 0.808 bits per heavy atom. The third-order valence-electron chi connectivity index (χ3n) is 4.26. The molecule has 3 heteroatoms. The summed E-state index contributed by atoms with van der Waals surface area (Å²) in [6, 6.07) is 24.4. The van der Waals surface area contributed by atoms with E-state index < -0.39 is 0 Å². The Kier molecular flexibility index (Phi) is 5.82. The molecule has 0 amide bonds. The number of aldehydes is 1. The van der Waals surface area contributed by atoms with Gasteiger partial charge in [0.05, 0.1) is 5.56 Å². The summed E-state index contributed by atoms with van der Waals surface area (Å²) in [5.41, 5.74) is 5.03. The molecule has 0 fully saturated rings. The summed E-state index contributed by atoms with van der Waals surface area (Å²) in [4.78, 5) is 13.5. The summed E-state index contributed by atoms with van der Waals surface area (Å²) in [5, 5.41) is 0. The van der Waals surface area contributed by atoms with E-state index >= 15 is 0 Å². The van der Waals surface area contributed by atoms with Crippen LogP contribution in [0.15, 0.2) is 72.8 Å². The molecule has 132 valence electrons. The predicted molar refractivity (Wildman–Crippen MR) is 107 cm³/mol. The van der Waals surface area contributed by atoms with Crippen molar-refractivity contribution in [2.45, 2.75) is 0 Å². The van der Waals surface area contributed by atoms with Gasteiger partial charge in [-0.2, -0.15) is 0 Å². The van der Waals surface area contributed by atoms with Gasteiger partial charge in [0.1, 0.15) is 12.4 Å². The number of hydrogen-bond acceptors (Lipinski definition) is 3. The van der Waals surface area contributed by atoms with Crippen LogP contribution in [0, 0.1) is 0 Å². The number of likely N-dealkylation sites (N-methyl/N-ethyl adjacent to an activating group) is 1. The average Bonchev–Trinajstić information content (AvgIpc) is 2.69. The van der Waals surface area contributed by atoms with E-state index in [1.807, 2.05) is 55.4 Å². The van der Waals surface area contributed by atoms with E-state index in [-0.39, 0.29) is 0 Å². The Morgan fingerprint density at radius 3 is 2.00 bits per heavy atom. The predicted octanol–water partition coefficient (Wildman–Crippen LogP) is 4.77. The highest BCUT2D eigenvalue weighted by Crippen LogP contribution is 2.28. The van der Waals surface area contributed by atoms with Crippen molar-refractivity contribution in [3.63, 3.8) is 0 Å². The van der Waals surface area contributed by atoms with Gasteiger partial charge in [-0.05, 0) is 48.5 Å². The van der Waals surface area contributed by atoms with Gasteiger partial charge in [0.15, 0.2) is 6.29 Å². The summed E-state index contributed by atoms with van der Waals surface area (Å²) in [6.45, 7) is 1.36. The average molecular weight is 345 g/mol. The van der Waals surface area contributed by atoms with Gasteiger partial charge in [0.25, 0.3) is 0 Å². The molecule has 0 bridgehead atoms. The largest absolute Gasteiger partial charge is 0.492 e. The molecule has 0 saturated heterocycles. The van der Waals surface area contributed by atoms with E-state index in [0.717, 1.165) is 24.0 Å². The normalized spacial score (nSPS) is 10.7. The highest BCUT2D eigenvalue weighted by molar-refractivity contribution is 5.83. The number of benzene rings is 3. The third kappa shape index (κ3) is 4.38.